The lowest BCUT2D eigenvalue weighted by atomic mass is 9.97. The average molecular weight is 807 g/mol. The number of aryl methyl sites for hydroxylation is 1. The normalized spacial score (nSPS) is 18.6. The zero-order valence-corrected chi connectivity index (χ0v) is 33.8. The number of nitrogens with zero attached hydrogens (tertiary/aromatic N) is 6. The Morgan fingerprint density at radius 2 is 1.37 bits per heavy atom. The van der Waals surface area contributed by atoms with Crippen LogP contribution in [0.25, 0.3) is 33.6 Å². The first-order valence-corrected chi connectivity index (χ1v) is 19.6. The topological polar surface area (TPSA) is 216 Å². The minimum Gasteiger partial charge on any atom is -0.453 e. The van der Waals surface area contributed by atoms with E-state index in [-0.39, 0.29) is 30.3 Å². The number of rotatable bonds is 13. The Balaban J connectivity index is 1.01. The number of ether oxygens (including phenoxy) is 3. The van der Waals surface area contributed by atoms with Gasteiger partial charge in [-0.05, 0) is 61.8 Å². The van der Waals surface area contributed by atoms with Crippen LogP contribution in [0.3, 0.4) is 0 Å². The molecule has 0 radical (unpaired) electrons. The van der Waals surface area contributed by atoms with Crippen LogP contribution in [-0.2, 0) is 37.3 Å². The first kappa shape index (κ1) is 40.7. The number of nitrogens with one attached hydrogen (secondary N) is 3. The molecule has 5 heterocycles. The molecule has 2 saturated heterocycles. The van der Waals surface area contributed by atoms with Gasteiger partial charge in [0.05, 0.1) is 55.4 Å². The van der Waals surface area contributed by atoms with Crippen molar-refractivity contribution in [3.05, 3.63) is 90.8 Å². The third kappa shape index (κ3) is 8.55. The summed E-state index contributed by atoms with van der Waals surface area (Å²) in [4.78, 5) is 75.4. The molecule has 0 aliphatic carbocycles. The van der Waals surface area contributed by atoms with Crippen LogP contribution in [0, 0.1) is 0 Å². The van der Waals surface area contributed by atoms with E-state index in [1.807, 2.05) is 43.4 Å². The van der Waals surface area contributed by atoms with Crippen molar-refractivity contribution < 1.29 is 33.4 Å². The number of aromatic nitrogens is 6. The van der Waals surface area contributed by atoms with Crippen molar-refractivity contribution in [2.45, 2.75) is 75.8 Å². The molecule has 7 rings (SSSR count). The number of H-pyrrole nitrogens is 2. The van der Waals surface area contributed by atoms with Gasteiger partial charge in [-0.3, -0.25) is 9.59 Å². The number of carbonyl (C=O) groups excluding carboxylic acids is 4. The maximum Gasteiger partial charge on any atom is 0.407 e. The van der Waals surface area contributed by atoms with Gasteiger partial charge in [-0.2, -0.15) is 0 Å². The molecule has 3 aromatic heterocycles. The molecule has 5 atom stereocenters. The van der Waals surface area contributed by atoms with Gasteiger partial charge >= 0.3 is 12.2 Å². The van der Waals surface area contributed by atoms with Crippen LogP contribution < -0.4 is 11.1 Å². The predicted octanol–water partition coefficient (Wildman–Crippen LogP) is 5.05. The summed E-state index contributed by atoms with van der Waals surface area (Å²) in [5.41, 5.74) is 10.2. The monoisotopic (exact) mass is 806 g/mol. The number of amides is 4. The molecular weight excluding hydrogens is 757 g/mol. The molecular formula is C42H50N10O7. The molecule has 0 bridgehead atoms. The second-order valence-corrected chi connectivity index (χ2v) is 15.2. The van der Waals surface area contributed by atoms with Crippen molar-refractivity contribution in [1.29, 1.82) is 0 Å². The number of carbonyl (C=O) groups is 4. The van der Waals surface area contributed by atoms with E-state index >= 15 is 0 Å². The van der Waals surface area contributed by atoms with Crippen molar-refractivity contribution in [1.82, 2.24) is 44.6 Å². The van der Waals surface area contributed by atoms with E-state index < -0.39 is 29.9 Å². The quantitative estimate of drug-likeness (QED) is 0.124. The molecule has 17 heteroatoms. The highest BCUT2D eigenvalue weighted by Crippen LogP contribution is 2.36. The molecule has 4 amide bonds. The minimum absolute atomic E-state index is 0.120. The third-order valence-electron chi connectivity index (χ3n) is 11.4. The van der Waals surface area contributed by atoms with Gasteiger partial charge in [-0.15, -0.1) is 0 Å². The number of primary amides is 1. The number of hydrogen-bond donors (Lipinski definition) is 4. The molecule has 2 fully saturated rings. The number of imidazole rings is 3. The first-order chi connectivity index (χ1) is 28.4. The van der Waals surface area contributed by atoms with Crippen LogP contribution in [0.2, 0.25) is 0 Å². The third-order valence-corrected chi connectivity index (χ3v) is 11.4. The molecule has 0 saturated carbocycles. The Morgan fingerprint density at radius 3 is 1.86 bits per heavy atom. The number of hydrogen-bond acceptors (Lipinski definition) is 10. The highest BCUT2D eigenvalue weighted by atomic mass is 16.6. The molecule has 5 aromatic rings. The SMILES string of the molecule is COC(=O)N[C@H](C(=O)N1CCCC1c1ncc(-c2ccc(-c3ccc(-c4cnc([C@@H]5CCCN5C(=O)[C@](C)(Cc5cncn5C)OC(N)=O)[nH]4)cc3)cc2)[nH]1)[C@@H](C)OC. The fraction of sp³-hybridized carbons (Fsp3) is 0.405. The van der Waals surface area contributed by atoms with Crippen LogP contribution in [-0.4, -0.2) is 108 Å². The van der Waals surface area contributed by atoms with Crippen molar-refractivity contribution in [2.75, 3.05) is 27.3 Å². The maximum atomic E-state index is 14.0. The molecule has 2 aromatic carbocycles. The molecule has 0 spiro atoms. The molecule has 17 nitrogen and oxygen atoms in total. The second kappa shape index (κ2) is 17.2. The molecule has 5 N–H and O–H groups in total. The molecule has 2 aliphatic heterocycles. The lowest BCUT2D eigenvalue weighted by Crippen LogP contribution is -2.54. The van der Waals surface area contributed by atoms with Crippen LogP contribution in [0.1, 0.15) is 69.0 Å². The molecule has 2 aliphatic rings. The Bertz CT molecular complexity index is 2280. The van der Waals surface area contributed by atoms with Crippen molar-refractivity contribution >= 4 is 24.0 Å². The highest BCUT2D eigenvalue weighted by molar-refractivity contribution is 5.88. The number of methoxy groups -OCH3 is 2. The van der Waals surface area contributed by atoms with Crippen molar-refractivity contribution in [3.8, 4) is 33.6 Å². The highest BCUT2D eigenvalue weighted by Gasteiger charge is 2.45. The maximum absolute atomic E-state index is 14.0. The Hall–Kier alpha value is -6.49. The van der Waals surface area contributed by atoms with E-state index in [0.29, 0.717) is 31.2 Å². The van der Waals surface area contributed by atoms with Crippen molar-refractivity contribution in [3.63, 3.8) is 0 Å². The summed E-state index contributed by atoms with van der Waals surface area (Å²) >= 11 is 0. The van der Waals surface area contributed by atoms with Gasteiger partial charge < -0.3 is 49.6 Å². The summed E-state index contributed by atoms with van der Waals surface area (Å²) < 4.78 is 17.4. The predicted molar refractivity (Wildman–Crippen MR) is 216 cm³/mol. The number of alkyl carbamates (subject to hydrolysis) is 1. The van der Waals surface area contributed by atoms with E-state index in [9.17, 15) is 19.2 Å². The summed E-state index contributed by atoms with van der Waals surface area (Å²) in [5, 5.41) is 2.62. The number of likely N-dealkylation sites (tertiary alicyclic amines) is 2. The standard InChI is InChI=1S/C42H50N10O7/c1-25(57-4)35(49-41(56)58-5)38(53)51-18-6-8-33(51)36-45-22-31(47-36)28-14-10-26(11-15-28)27-12-16-29(17-13-27)32-23-46-37(48-32)34-9-7-19-52(34)39(54)42(2,59-40(43)55)20-30-21-44-24-50(30)3/h10-17,21-25,33-35H,6-9,18-20H2,1-5H3,(H2,43,55)(H,45,47)(H,46,48)(H,49,56)/t25-,33?,34+,35+,42+/m1/s1. The number of benzene rings is 2. The van der Waals surface area contributed by atoms with Gasteiger partial charge in [-0.1, -0.05) is 48.5 Å². The van der Waals surface area contributed by atoms with Gasteiger partial charge in [0.2, 0.25) is 5.91 Å². The van der Waals surface area contributed by atoms with Crippen LogP contribution in [0.15, 0.2) is 73.4 Å². The first-order valence-electron chi connectivity index (χ1n) is 19.6. The van der Waals surface area contributed by atoms with Gasteiger partial charge in [-0.25, -0.2) is 24.5 Å². The fourth-order valence-corrected chi connectivity index (χ4v) is 8.06. The zero-order valence-electron chi connectivity index (χ0n) is 33.8. The van der Waals surface area contributed by atoms with Gasteiger partial charge in [0.25, 0.3) is 5.91 Å². The smallest absolute Gasteiger partial charge is 0.407 e. The number of nitrogens with two attached hydrogens (primary N) is 1. The lowest BCUT2D eigenvalue weighted by Gasteiger charge is -2.34. The van der Waals surface area contributed by atoms with Gasteiger partial charge in [0.15, 0.2) is 5.60 Å². The van der Waals surface area contributed by atoms with E-state index in [1.54, 1.807) is 53.1 Å². The van der Waals surface area contributed by atoms with E-state index in [2.05, 4.69) is 42.4 Å². The summed E-state index contributed by atoms with van der Waals surface area (Å²) in [5.74, 6) is 0.738. The van der Waals surface area contributed by atoms with E-state index in [4.69, 9.17) is 19.9 Å². The van der Waals surface area contributed by atoms with E-state index in [0.717, 1.165) is 58.6 Å². The Kier molecular flexibility index (Phi) is 11.8. The summed E-state index contributed by atoms with van der Waals surface area (Å²) in [6.07, 6.45) is 7.66. The Morgan fingerprint density at radius 1 is 0.847 bits per heavy atom. The Labute approximate surface area is 341 Å². The van der Waals surface area contributed by atoms with Crippen LogP contribution in [0.4, 0.5) is 9.59 Å². The van der Waals surface area contributed by atoms with Gasteiger partial charge in [0, 0.05) is 45.6 Å². The zero-order chi connectivity index (χ0) is 41.8. The van der Waals surface area contributed by atoms with Gasteiger partial charge in [0.1, 0.15) is 17.7 Å². The number of aromatic amines is 2. The fourth-order valence-electron chi connectivity index (χ4n) is 8.06. The summed E-state index contributed by atoms with van der Waals surface area (Å²) in [6.45, 7) is 4.34. The van der Waals surface area contributed by atoms with E-state index in [1.165, 1.54) is 14.2 Å². The second-order valence-electron chi connectivity index (χ2n) is 15.2. The minimum atomic E-state index is -1.52. The largest absolute Gasteiger partial charge is 0.453 e. The van der Waals surface area contributed by atoms with Crippen LogP contribution >= 0.6 is 0 Å². The van der Waals surface area contributed by atoms with Crippen molar-refractivity contribution in [2.24, 2.45) is 12.8 Å². The van der Waals surface area contributed by atoms with Crippen LogP contribution in [0.5, 0.6) is 0 Å². The molecule has 1 unspecified atom stereocenters. The lowest BCUT2D eigenvalue weighted by molar-refractivity contribution is -0.150. The average Bonchev–Trinajstić information content (AvgIpc) is 4.10. The summed E-state index contributed by atoms with van der Waals surface area (Å²) in [6, 6.07) is 14.8. The molecule has 59 heavy (non-hydrogen) atoms. The summed E-state index contributed by atoms with van der Waals surface area (Å²) in [7, 11) is 4.56. The molecule has 310 valence electrons.